The summed E-state index contributed by atoms with van der Waals surface area (Å²) in [6, 6.07) is 0. The summed E-state index contributed by atoms with van der Waals surface area (Å²) in [5, 5.41) is 7.62. The van der Waals surface area contributed by atoms with Gasteiger partial charge < -0.3 is 0 Å². The van der Waals surface area contributed by atoms with Gasteiger partial charge in [0.2, 0.25) is 5.39 Å². The van der Waals surface area contributed by atoms with Crippen LogP contribution in [-0.4, -0.2) is 0 Å². The fourth-order valence-corrected chi connectivity index (χ4v) is 0.131. The zero-order valence-corrected chi connectivity index (χ0v) is 4.24. The van der Waals surface area contributed by atoms with Crippen LogP contribution in [0.1, 0.15) is 0 Å². The van der Waals surface area contributed by atoms with Crippen LogP contribution in [0.15, 0.2) is 10.7 Å². The van der Waals surface area contributed by atoms with Crippen molar-refractivity contribution >= 4 is 23.2 Å². The minimum absolute atomic E-state index is 0.0579. The lowest BCUT2D eigenvalue weighted by molar-refractivity contribution is 1.47. The van der Waals surface area contributed by atoms with E-state index in [1.165, 1.54) is 0 Å². The molecule has 0 radical (unpaired) electrons. The van der Waals surface area contributed by atoms with E-state index in [1.54, 1.807) is 0 Å². The standard InChI is InChI=1S/C2HCl2N2/c3-2(4)1-6-5/h1H/q+1. The first-order valence-electron chi connectivity index (χ1n) is 1.12. The molecule has 0 rings (SSSR count). The third-order valence-electron chi connectivity index (χ3n) is 0.155. The summed E-state index contributed by atoms with van der Waals surface area (Å²) in [7, 11) is 0. The Morgan fingerprint density at radius 1 is 1.67 bits per heavy atom. The van der Waals surface area contributed by atoms with Gasteiger partial charge in [-0.3, -0.25) is 0 Å². The number of nitrogens with zero attached hydrogens (tertiary/aromatic N) is 2. The molecule has 0 unspecified atom stereocenters. The van der Waals surface area contributed by atoms with E-state index < -0.39 is 0 Å². The van der Waals surface area contributed by atoms with E-state index >= 15 is 0 Å². The predicted octanol–water partition coefficient (Wildman–Crippen LogP) is 2.12. The minimum atomic E-state index is -0.0579. The molecule has 0 atom stereocenters. The lowest BCUT2D eigenvalue weighted by atomic mass is 11.1. The molecule has 32 valence electrons. The van der Waals surface area contributed by atoms with Crippen molar-refractivity contribution < 1.29 is 0 Å². The molecular weight excluding hydrogens is 123 g/mol. The highest BCUT2D eigenvalue weighted by atomic mass is 35.5. The normalized spacial score (nSPS) is 6.17. The minimum Gasteiger partial charge on any atom is -0.0628 e. The summed E-state index contributed by atoms with van der Waals surface area (Å²) in [4.78, 5) is 2.51. The van der Waals surface area contributed by atoms with Crippen LogP contribution in [0.2, 0.25) is 0 Å². The summed E-state index contributed by atoms with van der Waals surface area (Å²) in [6.45, 7) is 0. The molecule has 0 amide bonds. The summed E-state index contributed by atoms with van der Waals surface area (Å²) >= 11 is 9.90. The molecule has 4 heteroatoms. The van der Waals surface area contributed by atoms with Crippen LogP contribution in [0.5, 0.6) is 0 Å². The molecule has 0 heterocycles. The summed E-state index contributed by atoms with van der Waals surface area (Å²) in [5.74, 6) is 0. The van der Waals surface area contributed by atoms with Gasteiger partial charge in [-0.05, 0) is 0 Å². The smallest absolute Gasteiger partial charge is 0.0628 e. The molecule has 0 saturated heterocycles. The van der Waals surface area contributed by atoms with Gasteiger partial charge in [0.05, 0.1) is 0 Å². The molecule has 0 aliphatic rings. The first kappa shape index (κ1) is 5.74. The first-order chi connectivity index (χ1) is 2.77. The topological polar surface area (TPSA) is 28.1 Å². The van der Waals surface area contributed by atoms with Crippen molar-refractivity contribution in [2.75, 3.05) is 0 Å². The molecule has 0 aliphatic carbocycles. The molecule has 0 aliphatic heterocycles. The highest BCUT2D eigenvalue weighted by Crippen LogP contribution is 2.04. The van der Waals surface area contributed by atoms with Gasteiger partial charge >= 0.3 is 6.20 Å². The van der Waals surface area contributed by atoms with E-state index in [1.807, 2.05) is 0 Å². The third kappa shape index (κ3) is 3.74. The van der Waals surface area contributed by atoms with Gasteiger partial charge in [0.25, 0.3) is 0 Å². The average Bonchev–Trinajstić information content (AvgIpc) is 1.35. The van der Waals surface area contributed by atoms with Gasteiger partial charge in [-0.25, -0.2) is 0 Å². The lowest BCUT2D eigenvalue weighted by Crippen LogP contribution is -1.39. The van der Waals surface area contributed by atoms with E-state index in [-0.39, 0.29) is 4.49 Å². The second-order valence-corrected chi connectivity index (χ2v) is 1.54. The fraction of sp³-hybridized carbons (Fsp3) is 0. The summed E-state index contributed by atoms with van der Waals surface area (Å²) in [5.41, 5.74) is 0. The zero-order valence-electron chi connectivity index (χ0n) is 2.73. The van der Waals surface area contributed by atoms with Gasteiger partial charge in [-0.15, -0.1) is 0 Å². The van der Waals surface area contributed by atoms with Crippen LogP contribution in [0.3, 0.4) is 0 Å². The van der Waals surface area contributed by atoms with Crippen LogP contribution >= 0.6 is 23.2 Å². The quantitative estimate of drug-likeness (QED) is 0.454. The van der Waals surface area contributed by atoms with Crippen LogP contribution in [0.25, 0.3) is 4.98 Å². The number of halogens is 2. The highest BCUT2D eigenvalue weighted by molar-refractivity contribution is 6.55. The molecule has 0 N–H and O–H groups in total. The monoisotopic (exact) mass is 123 g/mol. The molecule has 0 saturated carbocycles. The van der Waals surface area contributed by atoms with Crippen molar-refractivity contribution in [3.05, 3.63) is 15.7 Å². The van der Waals surface area contributed by atoms with E-state index in [2.05, 4.69) is 4.98 Å². The molecule has 6 heavy (non-hydrogen) atoms. The van der Waals surface area contributed by atoms with Gasteiger partial charge in [-0.2, -0.15) is 0 Å². The van der Waals surface area contributed by atoms with Gasteiger partial charge in [0, 0.05) is 0 Å². The third-order valence-corrected chi connectivity index (χ3v) is 0.351. The predicted molar refractivity (Wildman–Crippen MR) is 24.9 cm³/mol. The van der Waals surface area contributed by atoms with Crippen LogP contribution in [-0.2, 0) is 0 Å². The van der Waals surface area contributed by atoms with Crippen LogP contribution in [0, 0.1) is 5.39 Å². The Hall–Kier alpha value is -0.260. The fourth-order valence-electron chi connectivity index (χ4n) is 0.0436. The largest absolute Gasteiger partial charge is 0.380 e. The maximum atomic E-state index is 7.62. The van der Waals surface area contributed by atoms with Crippen molar-refractivity contribution in [3.63, 3.8) is 0 Å². The van der Waals surface area contributed by atoms with Crippen molar-refractivity contribution in [1.82, 2.24) is 0 Å². The maximum Gasteiger partial charge on any atom is 0.380 e. The van der Waals surface area contributed by atoms with Gasteiger partial charge in [-0.1, -0.05) is 23.2 Å². The molecule has 0 aromatic heterocycles. The molecule has 0 aromatic rings. The second kappa shape index (κ2) is 2.95. The number of diazo groups is 1. The Morgan fingerprint density at radius 2 is 2.17 bits per heavy atom. The van der Waals surface area contributed by atoms with E-state index in [4.69, 9.17) is 28.6 Å². The van der Waals surface area contributed by atoms with Crippen molar-refractivity contribution in [2.45, 2.75) is 0 Å². The average molecular weight is 124 g/mol. The zero-order chi connectivity index (χ0) is 4.99. The SMILES string of the molecule is N#[N+]C=C(Cl)Cl. The molecule has 0 aromatic carbocycles. The Labute approximate surface area is 45.0 Å². The molecular formula is C2HCl2N2+. The van der Waals surface area contributed by atoms with E-state index in [9.17, 15) is 0 Å². The lowest BCUT2D eigenvalue weighted by Gasteiger charge is -1.55. The van der Waals surface area contributed by atoms with Crippen molar-refractivity contribution in [2.24, 2.45) is 0 Å². The Bertz CT molecular complexity index is 96.6. The first-order valence-corrected chi connectivity index (χ1v) is 1.88. The van der Waals surface area contributed by atoms with Crippen LogP contribution < -0.4 is 0 Å². The van der Waals surface area contributed by atoms with Crippen molar-refractivity contribution in [1.29, 1.82) is 5.39 Å². The number of hydrogen-bond acceptors (Lipinski definition) is 1. The van der Waals surface area contributed by atoms with Gasteiger partial charge in [0.1, 0.15) is 0 Å². The number of rotatable bonds is 0. The Morgan fingerprint density at radius 3 is 2.17 bits per heavy atom. The Balaban J connectivity index is 3.51. The number of hydrogen-bond donors (Lipinski definition) is 0. The summed E-state index contributed by atoms with van der Waals surface area (Å²) in [6.07, 6.45) is 0.920. The molecule has 2 nitrogen and oxygen atoms in total. The van der Waals surface area contributed by atoms with Crippen molar-refractivity contribution in [3.8, 4) is 0 Å². The highest BCUT2D eigenvalue weighted by Gasteiger charge is 1.86. The van der Waals surface area contributed by atoms with E-state index in [0.29, 0.717) is 0 Å². The Kier molecular flexibility index (Phi) is 2.82. The van der Waals surface area contributed by atoms with E-state index in [0.717, 1.165) is 6.20 Å². The molecule has 0 fully saturated rings. The molecule has 0 bridgehead atoms. The summed E-state index contributed by atoms with van der Waals surface area (Å²) < 4.78 is -0.0579. The van der Waals surface area contributed by atoms with Gasteiger partial charge in [0.15, 0.2) is 9.47 Å². The second-order valence-electron chi connectivity index (χ2n) is 0.534. The van der Waals surface area contributed by atoms with Crippen LogP contribution in [0.4, 0.5) is 0 Å². The maximum absolute atomic E-state index is 7.62. The molecule has 0 spiro atoms.